The number of rotatable bonds is 1. The fourth-order valence-corrected chi connectivity index (χ4v) is 3.24. The molecule has 2 aromatic heterocycles. The molecule has 2 aromatic carbocycles. The van der Waals surface area contributed by atoms with Crippen molar-refractivity contribution < 1.29 is 0 Å². The second-order valence-electron chi connectivity index (χ2n) is 7.28. The topological polar surface area (TPSA) is 43.8 Å². The Balaban J connectivity index is 2.10. The molecular formula is C21H21N3. The van der Waals surface area contributed by atoms with E-state index in [0.29, 0.717) is 0 Å². The second-order valence-corrected chi connectivity index (χ2v) is 7.28. The second kappa shape index (κ2) is 5.10. The molecule has 0 saturated heterocycles. The van der Waals surface area contributed by atoms with Crippen LogP contribution in [0.15, 0.2) is 60.8 Å². The first-order valence-electron chi connectivity index (χ1n) is 8.21. The SMILES string of the molecule is CC(C)(C)c1ccnc(-n2c3ccccc3c3ccc(N)cc32)c1. The van der Waals surface area contributed by atoms with Crippen LogP contribution in [0.5, 0.6) is 0 Å². The fraction of sp³-hybridized carbons (Fsp3) is 0.190. The van der Waals surface area contributed by atoms with Crippen LogP contribution in [-0.4, -0.2) is 9.55 Å². The lowest BCUT2D eigenvalue weighted by Gasteiger charge is -2.20. The number of fused-ring (bicyclic) bond motifs is 3. The largest absolute Gasteiger partial charge is 0.399 e. The summed E-state index contributed by atoms with van der Waals surface area (Å²) in [5.41, 5.74) is 10.4. The summed E-state index contributed by atoms with van der Waals surface area (Å²) >= 11 is 0. The Morgan fingerprint density at radius 1 is 0.875 bits per heavy atom. The van der Waals surface area contributed by atoms with Gasteiger partial charge in [-0.15, -0.1) is 0 Å². The van der Waals surface area contributed by atoms with Gasteiger partial charge in [0.2, 0.25) is 0 Å². The van der Waals surface area contributed by atoms with Gasteiger partial charge in [-0.05, 0) is 41.3 Å². The summed E-state index contributed by atoms with van der Waals surface area (Å²) < 4.78 is 2.20. The number of pyridine rings is 1. The van der Waals surface area contributed by atoms with E-state index in [-0.39, 0.29) is 5.41 Å². The number of nitrogen functional groups attached to an aromatic ring is 1. The molecule has 0 bridgehead atoms. The molecule has 0 atom stereocenters. The van der Waals surface area contributed by atoms with E-state index < -0.39 is 0 Å². The number of hydrogen-bond donors (Lipinski definition) is 1. The van der Waals surface area contributed by atoms with Gasteiger partial charge in [0.05, 0.1) is 11.0 Å². The average Bonchev–Trinajstić information content (AvgIpc) is 2.87. The first-order chi connectivity index (χ1) is 11.4. The molecule has 4 rings (SSSR count). The lowest BCUT2D eigenvalue weighted by molar-refractivity contribution is 0.588. The van der Waals surface area contributed by atoms with Crippen molar-refractivity contribution in [3.63, 3.8) is 0 Å². The van der Waals surface area contributed by atoms with Crippen molar-refractivity contribution in [2.24, 2.45) is 0 Å². The highest BCUT2D eigenvalue weighted by Crippen LogP contribution is 2.33. The van der Waals surface area contributed by atoms with Crippen molar-refractivity contribution in [1.82, 2.24) is 9.55 Å². The molecule has 0 aliphatic rings. The van der Waals surface area contributed by atoms with Gasteiger partial charge in [0.25, 0.3) is 0 Å². The Kier molecular flexibility index (Phi) is 3.14. The molecule has 24 heavy (non-hydrogen) atoms. The van der Waals surface area contributed by atoms with E-state index in [1.807, 2.05) is 18.3 Å². The number of hydrogen-bond acceptors (Lipinski definition) is 2. The van der Waals surface area contributed by atoms with Crippen LogP contribution in [0.1, 0.15) is 26.3 Å². The molecule has 2 heterocycles. The first-order valence-corrected chi connectivity index (χ1v) is 8.21. The number of benzene rings is 2. The summed E-state index contributed by atoms with van der Waals surface area (Å²) in [5, 5.41) is 2.42. The standard InChI is InChI=1S/C21H21N3/c1-21(2,3)14-10-11-23-20(12-14)24-18-7-5-4-6-16(18)17-9-8-15(22)13-19(17)24/h4-13H,22H2,1-3H3. The van der Waals surface area contributed by atoms with Crippen LogP contribution in [-0.2, 0) is 5.41 Å². The summed E-state index contributed by atoms with van der Waals surface area (Å²) in [6.07, 6.45) is 1.89. The molecular weight excluding hydrogens is 294 g/mol. The van der Waals surface area contributed by atoms with Crippen LogP contribution >= 0.6 is 0 Å². The highest BCUT2D eigenvalue weighted by Gasteiger charge is 2.17. The fourth-order valence-electron chi connectivity index (χ4n) is 3.24. The Morgan fingerprint density at radius 3 is 2.42 bits per heavy atom. The number of para-hydroxylation sites is 1. The van der Waals surface area contributed by atoms with Gasteiger partial charge >= 0.3 is 0 Å². The average molecular weight is 315 g/mol. The van der Waals surface area contributed by atoms with Gasteiger partial charge < -0.3 is 5.73 Å². The Bertz CT molecular complexity index is 1050. The molecule has 0 saturated carbocycles. The summed E-state index contributed by atoms with van der Waals surface area (Å²) in [7, 11) is 0. The summed E-state index contributed by atoms with van der Waals surface area (Å²) in [4.78, 5) is 4.65. The van der Waals surface area contributed by atoms with Crippen LogP contribution in [0.4, 0.5) is 5.69 Å². The molecule has 3 nitrogen and oxygen atoms in total. The molecule has 3 heteroatoms. The third-order valence-corrected chi connectivity index (χ3v) is 4.54. The van der Waals surface area contributed by atoms with Gasteiger partial charge in [-0.2, -0.15) is 0 Å². The quantitative estimate of drug-likeness (QED) is 0.499. The molecule has 0 fully saturated rings. The van der Waals surface area contributed by atoms with Gasteiger partial charge in [-0.25, -0.2) is 4.98 Å². The molecule has 120 valence electrons. The molecule has 0 amide bonds. The maximum Gasteiger partial charge on any atom is 0.137 e. The van der Waals surface area contributed by atoms with Crippen LogP contribution in [0.2, 0.25) is 0 Å². The Hall–Kier alpha value is -2.81. The first kappa shape index (κ1) is 14.8. The monoisotopic (exact) mass is 315 g/mol. The zero-order valence-electron chi connectivity index (χ0n) is 14.2. The van der Waals surface area contributed by atoms with E-state index >= 15 is 0 Å². The van der Waals surface area contributed by atoms with Crippen molar-refractivity contribution in [1.29, 1.82) is 0 Å². The van der Waals surface area contributed by atoms with Crippen LogP contribution in [0.3, 0.4) is 0 Å². The minimum Gasteiger partial charge on any atom is -0.399 e. The van der Waals surface area contributed by atoms with E-state index in [4.69, 9.17) is 5.73 Å². The third kappa shape index (κ3) is 2.24. The molecule has 0 aliphatic carbocycles. The van der Waals surface area contributed by atoms with Crippen molar-refractivity contribution in [2.45, 2.75) is 26.2 Å². The summed E-state index contributed by atoms with van der Waals surface area (Å²) in [5.74, 6) is 0.930. The molecule has 4 aromatic rings. The lowest BCUT2D eigenvalue weighted by atomic mass is 9.88. The molecule has 0 radical (unpaired) electrons. The Morgan fingerprint density at radius 2 is 1.62 bits per heavy atom. The third-order valence-electron chi connectivity index (χ3n) is 4.54. The van der Waals surface area contributed by atoms with Crippen molar-refractivity contribution >= 4 is 27.5 Å². The van der Waals surface area contributed by atoms with E-state index in [1.165, 1.54) is 16.3 Å². The number of anilines is 1. The van der Waals surface area contributed by atoms with Gasteiger partial charge in [-0.1, -0.05) is 45.0 Å². The lowest BCUT2D eigenvalue weighted by Crippen LogP contribution is -2.12. The number of nitrogens with two attached hydrogens (primary N) is 1. The zero-order valence-corrected chi connectivity index (χ0v) is 14.2. The molecule has 0 aliphatic heterocycles. The van der Waals surface area contributed by atoms with Crippen molar-refractivity contribution in [3.05, 3.63) is 66.4 Å². The van der Waals surface area contributed by atoms with Crippen molar-refractivity contribution in [3.8, 4) is 5.82 Å². The van der Waals surface area contributed by atoms with Crippen LogP contribution in [0.25, 0.3) is 27.6 Å². The van der Waals surface area contributed by atoms with E-state index in [2.05, 4.69) is 72.8 Å². The molecule has 2 N–H and O–H groups in total. The predicted octanol–water partition coefficient (Wildman–Crippen LogP) is 5.06. The normalized spacial score (nSPS) is 12.1. The molecule has 0 unspecified atom stereocenters. The highest BCUT2D eigenvalue weighted by molar-refractivity contribution is 6.09. The maximum atomic E-state index is 6.06. The van der Waals surface area contributed by atoms with Crippen LogP contribution in [0, 0.1) is 0 Å². The molecule has 0 spiro atoms. The van der Waals surface area contributed by atoms with Gasteiger partial charge in [0.15, 0.2) is 0 Å². The van der Waals surface area contributed by atoms with E-state index in [0.717, 1.165) is 22.5 Å². The zero-order chi connectivity index (χ0) is 16.9. The Labute approximate surface area is 141 Å². The van der Waals surface area contributed by atoms with Crippen molar-refractivity contribution in [2.75, 3.05) is 5.73 Å². The van der Waals surface area contributed by atoms with Crippen LogP contribution < -0.4 is 5.73 Å². The van der Waals surface area contributed by atoms with E-state index in [9.17, 15) is 0 Å². The predicted molar refractivity (Wildman–Crippen MR) is 102 cm³/mol. The minimum absolute atomic E-state index is 0.0788. The van der Waals surface area contributed by atoms with E-state index in [1.54, 1.807) is 0 Å². The highest BCUT2D eigenvalue weighted by atomic mass is 15.1. The summed E-state index contributed by atoms with van der Waals surface area (Å²) in [6.45, 7) is 6.65. The maximum absolute atomic E-state index is 6.06. The number of nitrogens with zero attached hydrogens (tertiary/aromatic N) is 2. The number of aromatic nitrogens is 2. The van der Waals surface area contributed by atoms with Gasteiger partial charge in [0, 0.05) is 22.7 Å². The smallest absolute Gasteiger partial charge is 0.137 e. The van der Waals surface area contributed by atoms with Gasteiger partial charge in [0.1, 0.15) is 5.82 Å². The van der Waals surface area contributed by atoms with Gasteiger partial charge in [-0.3, -0.25) is 4.57 Å². The minimum atomic E-state index is 0.0788. The summed E-state index contributed by atoms with van der Waals surface area (Å²) in [6, 6.07) is 18.8.